The second-order valence-electron chi connectivity index (χ2n) is 4.24. The van der Waals surface area contributed by atoms with Crippen LogP contribution in [0.25, 0.3) is 0 Å². The third kappa shape index (κ3) is 3.08. The molecule has 0 saturated heterocycles. The van der Waals surface area contributed by atoms with Crippen LogP contribution in [0.5, 0.6) is 0 Å². The molecule has 0 saturated carbocycles. The maximum Gasteiger partial charge on any atom is 0.108 e. The summed E-state index contributed by atoms with van der Waals surface area (Å²) < 4.78 is 26.6. The molecule has 2 heteroatoms. The van der Waals surface area contributed by atoms with Gasteiger partial charge >= 0.3 is 0 Å². The maximum absolute atomic E-state index is 13.3. The van der Waals surface area contributed by atoms with Crippen LogP contribution in [0.15, 0.2) is 0 Å². The molecule has 0 aromatic rings. The third-order valence-corrected chi connectivity index (χ3v) is 2.28. The highest BCUT2D eigenvalue weighted by molar-refractivity contribution is 4.77. The van der Waals surface area contributed by atoms with Gasteiger partial charge in [0.05, 0.1) is 0 Å². The first-order valence-corrected chi connectivity index (χ1v) is 4.66. The van der Waals surface area contributed by atoms with Crippen molar-refractivity contribution in [3.63, 3.8) is 0 Å². The SMILES string of the molecule is CC(C)C(F)C(C)C(F)C(C)C. The van der Waals surface area contributed by atoms with Crippen molar-refractivity contribution in [1.82, 2.24) is 0 Å². The van der Waals surface area contributed by atoms with Crippen molar-refractivity contribution < 1.29 is 8.78 Å². The summed E-state index contributed by atoms with van der Waals surface area (Å²) in [6, 6.07) is 0. The minimum atomic E-state index is -1.03. The van der Waals surface area contributed by atoms with Gasteiger partial charge in [0.1, 0.15) is 12.3 Å². The highest BCUT2D eigenvalue weighted by Gasteiger charge is 2.29. The Bertz CT molecular complexity index is 107. The minimum absolute atomic E-state index is 0.0861. The smallest absolute Gasteiger partial charge is 0.108 e. The Morgan fingerprint density at radius 1 is 0.667 bits per heavy atom. The second kappa shape index (κ2) is 4.78. The molecule has 74 valence electrons. The van der Waals surface area contributed by atoms with Gasteiger partial charge in [-0.2, -0.15) is 0 Å². The normalized spacial score (nSPS) is 19.8. The number of hydrogen-bond acceptors (Lipinski definition) is 0. The lowest BCUT2D eigenvalue weighted by Gasteiger charge is -2.25. The van der Waals surface area contributed by atoms with E-state index in [1.54, 1.807) is 34.6 Å². The second-order valence-corrected chi connectivity index (χ2v) is 4.24. The van der Waals surface area contributed by atoms with Gasteiger partial charge in [0.2, 0.25) is 0 Å². The van der Waals surface area contributed by atoms with E-state index in [-0.39, 0.29) is 11.8 Å². The largest absolute Gasteiger partial charge is 0.247 e. The van der Waals surface area contributed by atoms with Crippen LogP contribution in [-0.2, 0) is 0 Å². The van der Waals surface area contributed by atoms with E-state index in [1.807, 2.05) is 0 Å². The van der Waals surface area contributed by atoms with E-state index < -0.39 is 18.3 Å². The topological polar surface area (TPSA) is 0 Å². The van der Waals surface area contributed by atoms with Gasteiger partial charge in [0.15, 0.2) is 0 Å². The summed E-state index contributed by atoms with van der Waals surface area (Å²) in [7, 11) is 0. The molecule has 0 bridgehead atoms. The molecule has 2 atom stereocenters. The zero-order valence-electron chi connectivity index (χ0n) is 8.64. The fourth-order valence-corrected chi connectivity index (χ4v) is 1.39. The molecule has 0 aliphatic carbocycles. The molecule has 0 fully saturated rings. The van der Waals surface area contributed by atoms with Crippen LogP contribution in [0.2, 0.25) is 0 Å². The highest BCUT2D eigenvalue weighted by Crippen LogP contribution is 2.25. The Hall–Kier alpha value is -0.140. The van der Waals surface area contributed by atoms with Gasteiger partial charge < -0.3 is 0 Å². The van der Waals surface area contributed by atoms with E-state index in [2.05, 4.69) is 0 Å². The first-order valence-electron chi connectivity index (χ1n) is 4.66. The molecular formula is C10H20F2. The van der Waals surface area contributed by atoms with Crippen LogP contribution in [0.3, 0.4) is 0 Å². The van der Waals surface area contributed by atoms with Crippen LogP contribution < -0.4 is 0 Å². The van der Waals surface area contributed by atoms with E-state index in [9.17, 15) is 8.78 Å². The minimum Gasteiger partial charge on any atom is -0.247 e. The summed E-state index contributed by atoms with van der Waals surface area (Å²) in [4.78, 5) is 0. The van der Waals surface area contributed by atoms with Gasteiger partial charge in [0.25, 0.3) is 0 Å². The zero-order valence-corrected chi connectivity index (χ0v) is 8.64. The maximum atomic E-state index is 13.3. The van der Waals surface area contributed by atoms with Crippen molar-refractivity contribution in [2.24, 2.45) is 17.8 Å². The fourth-order valence-electron chi connectivity index (χ4n) is 1.39. The van der Waals surface area contributed by atoms with Crippen molar-refractivity contribution in [3.05, 3.63) is 0 Å². The summed E-state index contributed by atoms with van der Waals surface area (Å²) in [5.41, 5.74) is 0. The molecule has 0 spiro atoms. The Kier molecular flexibility index (Phi) is 4.73. The standard InChI is InChI=1S/C10H20F2/c1-6(2)9(11)8(5)10(12)7(3)4/h6-10H,1-5H3. The summed E-state index contributed by atoms with van der Waals surface area (Å²) >= 11 is 0. The van der Waals surface area contributed by atoms with Crippen LogP contribution in [0, 0.1) is 17.8 Å². The predicted octanol–water partition coefficient (Wildman–Crippen LogP) is 3.61. The molecule has 0 radical (unpaired) electrons. The van der Waals surface area contributed by atoms with Crippen molar-refractivity contribution in [2.45, 2.75) is 47.0 Å². The lowest BCUT2D eigenvalue weighted by molar-refractivity contribution is 0.0789. The predicted molar refractivity (Wildman–Crippen MR) is 48.6 cm³/mol. The van der Waals surface area contributed by atoms with E-state index >= 15 is 0 Å². The molecule has 0 aliphatic rings. The van der Waals surface area contributed by atoms with E-state index in [0.29, 0.717) is 0 Å². The first kappa shape index (κ1) is 11.9. The van der Waals surface area contributed by atoms with Crippen LogP contribution in [-0.4, -0.2) is 12.3 Å². The number of rotatable bonds is 4. The Morgan fingerprint density at radius 2 is 0.917 bits per heavy atom. The molecule has 0 aliphatic heterocycles. The fraction of sp³-hybridized carbons (Fsp3) is 1.00. The molecule has 0 nitrogen and oxygen atoms in total. The van der Waals surface area contributed by atoms with E-state index in [4.69, 9.17) is 0 Å². The van der Waals surface area contributed by atoms with E-state index in [0.717, 1.165) is 0 Å². The van der Waals surface area contributed by atoms with E-state index in [1.165, 1.54) is 0 Å². The van der Waals surface area contributed by atoms with Crippen LogP contribution >= 0.6 is 0 Å². The van der Waals surface area contributed by atoms with Gasteiger partial charge in [-0.05, 0) is 11.8 Å². The van der Waals surface area contributed by atoms with Gasteiger partial charge in [-0.15, -0.1) is 0 Å². The molecule has 0 aromatic heterocycles. The first-order chi connectivity index (χ1) is 5.37. The molecule has 12 heavy (non-hydrogen) atoms. The molecule has 0 rings (SSSR count). The Morgan fingerprint density at radius 3 is 1.08 bits per heavy atom. The quantitative estimate of drug-likeness (QED) is 0.617. The average molecular weight is 178 g/mol. The van der Waals surface area contributed by atoms with Crippen molar-refractivity contribution in [3.8, 4) is 0 Å². The van der Waals surface area contributed by atoms with Gasteiger partial charge in [-0.25, -0.2) is 8.78 Å². The Balaban J connectivity index is 4.08. The molecule has 0 aromatic carbocycles. The number of alkyl halides is 2. The summed E-state index contributed by atoms with van der Waals surface area (Å²) in [5, 5.41) is 0. The molecule has 0 heterocycles. The van der Waals surface area contributed by atoms with Crippen LogP contribution in [0.4, 0.5) is 8.78 Å². The summed E-state index contributed by atoms with van der Waals surface area (Å²) in [6.07, 6.45) is -2.05. The van der Waals surface area contributed by atoms with Crippen LogP contribution in [0.1, 0.15) is 34.6 Å². The summed E-state index contributed by atoms with van der Waals surface area (Å²) in [5.74, 6) is -0.654. The van der Waals surface area contributed by atoms with Gasteiger partial charge in [-0.1, -0.05) is 34.6 Å². The number of hydrogen-bond donors (Lipinski definition) is 0. The van der Waals surface area contributed by atoms with Crippen molar-refractivity contribution in [2.75, 3.05) is 0 Å². The molecule has 2 unspecified atom stereocenters. The highest BCUT2D eigenvalue weighted by atomic mass is 19.1. The van der Waals surface area contributed by atoms with Gasteiger partial charge in [0, 0.05) is 5.92 Å². The lowest BCUT2D eigenvalue weighted by atomic mass is 9.87. The monoisotopic (exact) mass is 178 g/mol. The zero-order chi connectivity index (χ0) is 9.89. The summed E-state index contributed by atoms with van der Waals surface area (Å²) in [6.45, 7) is 8.79. The van der Waals surface area contributed by atoms with Crippen molar-refractivity contribution in [1.29, 1.82) is 0 Å². The molecule has 0 N–H and O–H groups in total. The van der Waals surface area contributed by atoms with Gasteiger partial charge in [-0.3, -0.25) is 0 Å². The third-order valence-electron chi connectivity index (χ3n) is 2.28. The number of halogens is 2. The lowest BCUT2D eigenvalue weighted by Crippen LogP contribution is -2.30. The van der Waals surface area contributed by atoms with Crippen molar-refractivity contribution >= 4 is 0 Å². The Labute approximate surface area is 74.4 Å². The molecule has 0 amide bonds. The molecular weight excluding hydrogens is 158 g/mol. The average Bonchev–Trinajstić information content (AvgIpc) is 2.00.